The highest BCUT2D eigenvalue weighted by Crippen LogP contribution is 2.23. The van der Waals surface area contributed by atoms with E-state index in [1.807, 2.05) is 0 Å². The Hall–Kier alpha value is -1.81. The quantitative estimate of drug-likeness (QED) is 0.692. The van der Waals surface area contributed by atoms with Crippen molar-refractivity contribution in [1.82, 2.24) is 10.9 Å². The number of rotatable bonds is 6. The first-order valence-electron chi connectivity index (χ1n) is 7.59. The summed E-state index contributed by atoms with van der Waals surface area (Å²) in [5.74, 6) is -1.49. The summed E-state index contributed by atoms with van der Waals surface area (Å²) in [6.45, 7) is 1.42. The van der Waals surface area contributed by atoms with E-state index < -0.39 is 33.6 Å². The molecule has 0 spiro atoms. The smallest absolute Gasteiger partial charge is 0.279 e. The standard InChI is InChI=1S/C15H19FN2O5S2/c1-10(23-13-5-3-2-4-12(13)16)15(20)18-17-14(19)8-24-11-6-7-25(21,22)9-11/h2-5,10-11H,6-9H2,1H3,(H,17,19)(H,18,20)/t10-,11-/m0/s1. The highest BCUT2D eigenvalue weighted by molar-refractivity contribution is 8.02. The van der Waals surface area contributed by atoms with E-state index in [9.17, 15) is 22.4 Å². The monoisotopic (exact) mass is 390 g/mol. The predicted octanol–water partition coefficient (Wildman–Crippen LogP) is 0.661. The number of thioether (sulfide) groups is 1. The molecule has 0 radical (unpaired) electrons. The van der Waals surface area contributed by atoms with Crippen molar-refractivity contribution in [1.29, 1.82) is 0 Å². The summed E-state index contributed by atoms with van der Waals surface area (Å²) in [5, 5.41) is -0.102. The summed E-state index contributed by atoms with van der Waals surface area (Å²) < 4.78 is 41.3. The van der Waals surface area contributed by atoms with E-state index in [1.165, 1.54) is 36.9 Å². The fourth-order valence-electron chi connectivity index (χ4n) is 2.14. The molecule has 1 aliphatic rings. The first kappa shape index (κ1) is 19.5. The summed E-state index contributed by atoms with van der Waals surface area (Å²) in [5.41, 5.74) is 4.42. The van der Waals surface area contributed by atoms with Gasteiger partial charge in [0.15, 0.2) is 27.5 Å². The van der Waals surface area contributed by atoms with Gasteiger partial charge in [0.1, 0.15) is 0 Å². The zero-order chi connectivity index (χ0) is 18.4. The fourth-order valence-corrected chi connectivity index (χ4v) is 5.58. The lowest BCUT2D eigenvalue weighted by molar-refractivity contribution is -0.132. The Kier molecular flexibility index (Phi) is 6.65. The second kappa shape index (κ2) is 8.52. The van der Waals surface area contributed by atoms with Gasteiger partial charge in [-0.2, -0.15) is 0 Å². The molecule has 1 heterocycles. The van der Waals surface area contributed by atoms with Crippen LogP contribution in [-0.2, 0) is 19.4 Å². The average Bonchev–Trinajstić information content (AvgIpc) is 2.91. The Labute approximate surface area is 149 Å². The number of amides is 2. The maximum Gasteiger partial charge on any atom is 0.279 e. The van der Waals surface area contributed by atoms with Crippen LogP contribution in [0, 0.1) is 5.82 Å². The van der Waals surface area contributed by atoms with E-state index in [1.54, 1.807) is 6.07 Å². The van der Waals surface area contributed by atoms with Crippen LogP contribution in [-0.4, -0.2) is 48.8 Å². The third-order valence-corrected chi connectivity index (χ3v) is 6.76. The fraction of sp³-hybridized carbons (Fsp3) is 0.467. The first-order valence-corrected chi connectivity index (χ1v) is 10.5. The van der Waals surface area contributed by atoms with Gasteiger partial charge in [0.05, 0.1) is 17.3 Å². The molecule has 1 fully saturated rings. The molecular weight excluding hydrogens is 371 g/mol. The lowest BCUT2D eigenvalue weighted by atomic mass is 10.3. The Morgan fingerprint density at radius 2 is 2.08 bits per heavy atom. The molecule has 10 heteroatoms. The van der Waals surface area contributed by atoms with Crippen LogP contribution in [0.5, 0.6) is 5.75 Å². The molecule has 7 nitrogen and oxygen atoms in total. The Morgan fingerprint density at radius 3 is 2.72 bits per heavy atom. The predicted molar refractivity (Wildman–Crippen MR) is 92.3 cm³/mol. The largest absolute Gasteiger partial charge is 0.478 e. The zero-order valence-electron chi connectivity index (χ0n) is 13.5. The molecule has 0 saturated carbocycles. The van der Waals surface area contributed by atoms with Gasteiger partial charge in [0.25, 0.3) is 5.91 Å². The van der Waals surface area contributed by atoms with Gasteiger partial charge in [0.2, 0.25) is 5.91 Å². The van der Waals surface area contributed by atoms with Crippen LogP contribution < -0.4 is 15.6 Å². The van der Waals surface area contributed by atoms with Crippen molar-refractivity contribution in [3.63, 3.8) is 0 Å². The molecule has 1 aromatic carbocycles. The normalized spacial score (nSPS) is 19.8. The summed E-state index contributed by atoms with van der Waals surface area (Å²) in [4.78, 5) is 23.6. The van der Waals surface area contributed by atoms with Gasteiger partial charge >= 0.3 is 0 Å². The van der Waals surface area contributed by atoms with E-state index in [0.717, 1.165) is 0 Å². The van der Waals surface area contributed by atoms with Crippen molar-refractivity contribution in [3.05, 3.63) is 30.1 Å². The topological polar surface area (TPSA) is 102 Å². The first-order chi connectivity index (χ1) is 11.8. The molecule has 0 aromatic heterocycles. The molecule has 2 rings (SSSR count). The number of sulfone groups is 1. The molecule has 1 aliphatic heterocycles. The lowest BCUT2D eigenvalue weighted by Gasteiger charge is -2.15. The second-order valence-electron chi connectivity index (χ2n) is 5.56. The van der Waals surface area contributed by atoms with E-state index in [4.69, 9.17) is 4.74 Å². The molecule has 2 N–H and O–H groups in total. The summed E-state index contributed by atoms with van der Waals surface area (Å²) in [6.07, 6.45) is -0.481. The maximum atomic E-state index is 13.5. The molecule has 0 bridgehead atoms. The molecule has 0 unspecified atom stereocenters. The number of hydrogen-bond acceptors (Lipinski definition) is 6. The van der Waals surface area contributed by atoms with Gasteiger partial charge in [-0.15, -0.1) is 11.8 Å². The second-order valence-corrected chi connectivity index (χ2v) is 9.08. The van der Waals surface area contributed by atoms with Gasteiger partial charge < -0.3 is 4.74 Å². The molecular formula is C15H19FN2O5S2. The van der Waals surface area contributed by atoms with E-state index >= 15 is 0 Å². The van der Waals surface area contributed by atoms with Crippen LogP contribution in [0.1, 0.15) is 13.3 Å². The average molecular weight is 390 g/mol. The van der Waals surface area contributed by atoms with E-state index in [2.05, 4.69) is 10.9 Å². The van der Waals surface area contributed by atoms with Gasteiger partial charge in [0, 0.05) is 5.25 Å². The zero-order valence-corrected chi connectivity index (χ0v) is 15.2. The van der Waals surface area contributed by atoms with Crippen LogP contribution in [0.4, 0.5) is 4.39 Å². The van der Waals surface area contributed by atoms with E-state index in [-0.39, 0.29) is 28.3 Å². The van der Waals surface area contributed by atoms with Crippen LogP contribution in [0.15, 0.2) is 24.3 Å². The number of benzene rings is 1. The third kappa shape index (κ3) is 6.20. The van der Waals surface area contributed by atoms with Gasteiger partial charge in [-0.05, 0) is 25.5 Å². The summed E-state index contributed by atoms with van der Waals surface area (Å²) >= 11 is 1.24. The number of carbonyl (C=O) groups excluding carboxylic acids is 2. The third-order valence-electron chi connectivity index (χ3n) is 3.48. The Bertz CT molecular complexity index is 741. The minimum absolute atomic E-state index is 0.0308. The summed E-state index contributed by atoms with van der Waals surface area (Å²) in [7, 11) is -2.98. The van der Waals surface area contributed by atoms with Crippen molar-refractivity contribution >= 4 is 33.4 Å². The van der Waals surface area contributed by atoms with Crippen molar-refractivity contribution in [3.8, 4) is 5.75 Å². The molecule has 2 atom stereocenters. The van der Waals surface area contributed by atoms with Crippen LogP contribution in [0.2, 0.25) is 0 Å². The Balaban J connectivity index is 1.70. The van der Waals surface area contributed by atoms with Gasteiger partial charge in [-0.25, -0.2) is 12.8 Å². The van der Waals surface area contributed by atoms with Crippen molar-refractivity contribution in [2.24, 2.45) is 0 Å². The van der Waals surface area contributed by atoms with Crippen molar-refractivity contribution in [2.45, 2.75) is 24.7 Å². The molecule has 2 amide bonds. The SMILES string of the molecule is C[C@H](Oc1ccccc1F)C(=O)NNC(=O)CS[C@H]1CCS(=O)(=O)C1. The number of hydrogen-bond donors (Lipinski definition) is 2. The summed E-state index contributed by atoms with van der Waals surface area (Å²) in [6, 6.07) is 5.68. The molecule has 138 valence electrons. The van der Waals surface area contributed by atoms with Crippen molar-refractivity contribution < 1.29 is 27.1 Å². The number of halogens is 1. The van der Waals surface area contributed by atoms with Gasteiger partial charge in [-0.3, -0.25) is 20.4 Å². The molecule has 25 heavy (non-hydrogen) atoms. The number of carbonyl (C=O) groups is 2. The Morgan fingerprint density at radius 1 is 1.36 bits per heavy atom. The minimum atomic E-state index is -2.98. The number of ether oxygens (including phenoxy) is 1. The van der Waals surface area contributed by atoms with E-state index in [0.29, 0.717) is 6.42 Å². The number of hydrazine groups is 1. The van der Waals surface area contributed by atoms with Crippen LogP contribution in [0.25, 0.3) is 0 Å². The minimum Gasteiger partial charge on any atom is -0.478 e. The molecule has 0 aliphatic carbocycles. The highest BCUT2D eigenvalue weighted by atomic mass is 32.2. The molecule has 1 aromatic rings. The number of nitrogens with one attached hydrogen (secondary N) is 2. The van der Waals surface area contributed by atoms with Crippen LogP contribution >= 0.6 is 11.8 Å². The van der Waals surface area contributed by atoms with Crippen LogP contribution in [0.3, 0.4) is 0 Å². The van der Waals surface area contributed by atoms with Crippen molar-refractivity contribution in [2.75, 3.05) is 17.3 Å². The maximum absolute atomic E-state index is 13.5. The number of para-hydroxylation sites is 1. The van der Waals surface area contributed by atoms with Gasteiger partial charge in [-0.1, -0.05) is 12.1 Å². The molecule has 1 saturated heterocycles. The lowest BCUT2D eigenvalue weighted by Crippen LogP contribution is -2.47. The highest BCUT2D eigenvalue weighted by Gasteiger charge is 2.28.